The minimum atomic E-state index is -1.31. The molecule has 0 spiro atoms. The van der Waals surface area contributed by atoms with Crippen molar-refractivity contribution in [3.63, 3.8) is 0 Å². The van der Waals surface area contributed by atoms with E-state index in [0.29, 0.717) is 14.8 Å². The van der Waals surface area contributed by atoms with E-state index < -0.39 is 10.8 Å². The zero-order valence-electron chi connectivity index (χ0n) is 7.81. The van der Waals surface area contributed by atoms with Crippen LogP contribution in [-0.2, 0) is 10.8 Å². The first-order valence-electron chi connectivity index (χ1n) is 4.15. The average molecular weight is 242 g/mol. The molecule has 0 radical (unpaired) electrons. The van der Waals surface area contributed by atoms with Gasteiger partial charge in [-0.05, 0) is 42.7 Å². The largest absolute Gasteiger partial charge is 0.248 e. The Labute approximate surface area is 92.6 Å². The summed E-state index contributed by atoms with van der Waals surface area (Å²) in [6, 6.07) is 5.59. The van der Waals surface area contributed by atoms with Gasteiger partial charge in [-0.15, -0.1) is 5.10 Å². The van der Waals surface area contributed by atoms with Gasteiger partial charge in [0.15, 0.2) is 0 Å². The molecule has 1 atom stereocenters. The molecule has 2 aromatic rings. The Balaban J connectivity index is 2.37. The van der Waals surface area contributed by atoms with Gasteiger partial charge in [0.25, 0.3) is 0 Å². The molecule has 6 heteroatoms. The van der Waals surface area contributed by atoms with Crippen molar-refractivity contribution in [2.24, 2.45) is 0 Å². The molecule has 0 saturated heterocycles. The van der Waals surface area contributed by atoms with Crippen LogP contribution in [0.2, 0.25) is 0 Å². The van der Waals surface area contributed by atoms with Crippen LogP contribution in [0, 0.1) is 12.7 Å². The van der Waals surface area contributed by atoms with Crippen LogP contribution in [0.1, 0.15) is 5.69 Å². The summed E-state index contributed by atoms with van der Waals surface area (Å²) in [6.45, 7) is 1.75. The summed E-state index contributed by atoms with van der Waals surface area (Å²) in [4.78, 5) is 0.561. The van der Waals surface area contributed by atoms with Crippen molar-refractivity contribution in [3.8, 4) is 0 Å². The lowest BCUT2D eigenvalue weighted by Gasteiger charge is -1.98. The zero-order valence-corrected chi connectivity index (χ0v) is 9.44. The smallest absolute Gasteiger partial charge is 0.140 e. The Kier molecular flexibility index (Phi) is 2.88. The lowest BCUT2D eigenvalue weighted by Crippen LogP contribution is -1.92. The maximum Gasteiger partial charge on any atom is 0.140 e. The second-order valence-corrected chi connectivity index (χ2v) is 5.30. The molecule has 15 heavy (non-hydrogen) atoms. The van der Waals surface area contributed by atoms with E-state index in [1.807, 2.05) is 0 Å². The molecule has 3 nitrogen and oxygen atoms in total. The number of hydrogen-bond donors (Lipinski definition) is 0. The molecular weight excluding hydrogens is 235 g/mol. The Bertz CT molecular complexity index is 495. The minimum absolute atomic E-state index is 0.338. The van der Waals surface area contributed by atoms with E-state index in [1.165, 1.54) is 24.3 Å². The second kappa shape index (κ2) is 4.16. The number of aromatic nitrogens is 2. The third kappa shape index (κ3) is 2.10. The quantitative estimate of drug-likeness (QED) is 0.810. The van der Waals surface area contributed by atoms with Gasteiger partial charge in [-0.3, -0.25) is 0 Å². The molecule has 1 heterocycles. The number of hydrogen-bond acceptors (Lipinski definition) is 4. The first-order chi connectivity index (χ1) is 7.18. The van der Waals surface area contributed by atoms with Gasteiger partial charge in [0.2, 0.25) is 0 Å². The number of aryl methyl sites for hydroxylation is 1. The zero-order chi connectivity index (χ0) is 10.8. The molecule has 78 valence electrons. The van der Waals surface area contributed by atoms with Gasteiger partial charge >= 0.3 is 0 Å². The highest BCUT2D eigenvalue weighted by atomic mass is 32.2. The molecule has 0 bridgehead atoms. The van der Waals surface area contributed by atoms with E-state index in [9.17, 15) is 8.60 Å². The van der Waals surface area contributed by atoms with E-state index in [1.54, 1.807) is 6.92 Å². The predicted octanol–water partition coefficient (Wildman–Crippen LogP) is 2.15. The van der Waals surface area contributed by atoms with Gasteiger partial charge in [0.05, 0.1) is 16.5 Å². The van der Waals surface area contributed by atoms with Crippen LogP contribution in [0.4, 0.5) is 4.39 Å². The SMILES string of the molecule is Cc1nnsc1[S@@](=O)c1ccc(F)cc1. The van der Waals surface area contributed by atoms with E-state index >= 15 is 0 Å². The fraction of sp³-hybridized carbons (Fsp3) is 0.111. The molecule has 1 aromatic heterocycles. The van der Waals surface area contributed by atoms with Crippen LogP contribution >= 0.6 is 11.5 Å². The van der Waals surface area contributed by atoms with Crippen LogP contribution in [0.3, 0.4) is 0 Å². The molecule has 1 aromatic carbocycles. The van der Waals surface area contributed by atoms with E-state index in [0.717, 1.165) is 11.5 Å². The molecule has 0 aliphatic rings. The van der Waals surface area contributed by atoms with Crippen LogP contribution in [-0.4, -0.2) is 13.8 Å². The van der Waals surface area contributed by atoms with Gasteiger partial charge in [-0.1, -0.05) is 4.49 Å². The number of benzene rings is 1. The van der Waals surface area contributed by atoms with Crippen LogP contribution in [0.15, 0.2) is 33.4 Å². The first kappa shape index (κ1) is 10.4. The fourth-order valence-electron chi connectivity index (χ4n) is 1.06. The Morgan fingerprint density at radius 1 is 1.33 bits per heavy atom. The van der Waals surface area contributed by atoms with Crippen molar-refractivity contribution in [1.82, 2.24) is 9.59 Å². The second-order valence-electron chi connectivity index (χ2n) is 2.87. The van der Waals surface area contributed by atoms with Crippen molar-refractivity contribution in [2.75, 3.05) is 0 Å². The van der Waals surface area contributed by atoms with E-state index in [2.05, 4.69) is 9.59 Å². The highest BCUT2D eigenvalue weighted by Gasteiger charge is 2.13. The van der Waals surface area contributed by atoms with Gasteiger partial charge in [0, 0.05) is 4.90 Å². The van der Waals surface area contributed by atoms with Crippen LogP contribution in [0.25, 0.3) is 0 Å². The van der Waals surface area contributed by atoms with E-state index in [-0.39, 0.29) is 5.82 Å². The standard InChI is InChI=1S/C9H7FN2OS2/c1-6-9(14-12-11-6)15(13)8-4-2-7(10)3-5-8/h2-5H,1H3/t15-/m0/s1. The summed E-state index contributed by atoms with van der Waals surface area (Å²) in [7, 11) is -1.31. The molecule has 0 N–H and O–H groups in total. The molecule has 0 unspecified atom stereocenters. The summed E-state index contributed by atoms with van der Waals surface area (Å²) in [6.07, 6.45) is 0. The maximum absolute atomic E-state index is 12.7. The Morgan fingerprint density at radius 3 is 2.53 bits per heavy atom. The third-order valence-corrected chi connectivity index (χ3v) is 4.44. The van der Waals surface area contributed by atoms with Gasteiger partial charge < -0.3 is 0 Å². The van der Waals surface area contributed by atoms with Gasteiger partial charge in [-0.2, -0.15) is 0 Å². The lowest BCUT2D eigenvalue weighted by atomic mass is 10.4. The topological polar surface area (TPSA) is 42.9 Å². The molecule has 0 saturated carbocycles. The Morgan fingerprint density at radius 2 is 2.00 bits per heavy atom. The van der Waals surface area contributed by atoms with Gasteiger partial charge in [0.1, 0.15) is 10.0 Å². The third-order valence-electron chi connectivity index (χ3n) is 1.81. The first-order valence-corrected chi connectivity index (χ1v) is 6.07. The summed E-state index contributed by atoms with van der Waals surface area (Å²) in [5.74, 6) is -0.338. The number of halogens is 1. The normalized spacial score (nSPS) is 12.7. The molecule has 2 rings (SSSR count). The summed E-state index contributed by atoms with van der Waals surface area (Å²) in [5.41, 5.74) is 0.655. The lowest BCUT2D eigenvalue weighted by molar-refractivity contribution is 0.626. The number of rotatable bonds is 2. The van der Waals surface area contributed by atoms with Crippen LogP contribution in [0.5, 0.6) is 0 Å². The van der Waals surface area contributed by atoms with Crippen molar-refractivity contribution >= 4 is 22.3 Å². The molecule has 0 fully saturated rings. The minimum Gasteiger partial charge on any atom is -0.248 e. The van der Waals surface area contributed by atoms with Crippen molar-refractivity contribution in [2.45, 2.75) is 16.0 Å². The fourth-order valence-corrected chi connectivity index (χ4v) is 3.04. The summed E-state index contributed by atoms with van der Waals surface area (Å²) in [5, 5.41) is 3.78. The molecule has 0 aliphatic heterocycles. The van der Waals surface area contributed by atoms with Crippen LogP contribution < -0.4 is 0 Å². The van der Waals surface area contributed by atoms with Gasteiger partial charge in [-0.25, -0.2) is 8.60 Å². The molecular formula is C9H7FN2OS2. The number of nitrogens with zero attached hydrogens (tertiary/aromatic N) is 2. The maximum atomic E-state index is 12.7. The highest BCUT2D eigenvalue weighted by molar-refractivity contribution is 7.87. The van der Waals surface area contributed by atoms with E-state index in [4.69, 9.17) is 0 Å². The Hall–Kier alpha value is -1.14. The summed E-state index contributed by atoms with van der Waals surface area (Å²) < 4.78 is 28.9. The van der Waals surface area contributed by atoms with Crippen molar-refractivity contribution in [1.29, 1.82) is 0 Å². The predicted molar refractivity (Wildman–Crippen MR) is 55.7 cm³/mol. The molecule has 0 aliphatic carbocycles. The molecule has 0 amide bonds. The summed E-state index contributed by atoms with van der Waals surface area (Å²) >= 11 is 1.10. The van der Waals surface area contributed by atoms with Crippen molar-refractivity contribution in [3.05, 3.63) is 35.8 Å². The average Bonchev–Trinajstić information content (AvgIpc) is 2.65. The monoisotopic (exact) mass is 242 g/mol. The van der Waals surface area contributed by atoms with Crippen molar-refractivity contribution < 1.29 is 8.60 Å². The highest BCUT2D eigenvalue weighted by Crippen LogP contribution is 2.21.